The summed E-state index contributed by atoms with van der Waals surface area (Å²) < 4.78 is 10.9. The van der Waals surface area contributed by atoms with Crippen molar-refractivity contribution in [2.45, 2.75) is 0 Å². The van der Waals surface area contributed by atoms with E-state index in [1.807, 2.05) is 5.73 Å². The lowest BCUT2D eigenvalue weighted by atomic mass is 10.7. The quantitative estimate of drug-likeness (QED) is 0.401. The number of hydrogen-bond donors (Lipinski definition) is 0. The molecule has 0 saturated carbocycles. The molecule has 0 spiro atoms. The Hall–Kier alpha value is -1.21. The van der Waals surface area contributed by atoms with Gasteiger partial charge in [-0.25, -0.2) is 4.39 Å². The fourth-order valence-electron chi connectivity index (χ4n) is 0.108. The van der Waals surface area contributed by atoms with E-state index in [0.29, 0.717) is 0 Å². The molecular weight excluding hydrogens is 91.1 g/mol. The van der Waals surface area contributed by atoms with Gasteiger partial charge in [-0.3, -0.25) is 0 Å². The monoisotopic (exact) mass is 94.0 g/mol. The maximum atomic E-state index is 10.9. The molecule has 0 aromatic carbocycles. The van der Waals surface area contributed by atoms with E-state index in [0.717, 1.165) is 0 Å². The zero-order valence-electron chi connectivity index (χ0n) is 3.66. The number of hydrogen-bond acceptors (Lipinski definition) is 0. The van der Waals surface area contributed by atoms with Crippen molar-refractivity contribution in [1.29, 1.82) is 0 Å². The van der Waals surface area contributed by atoms with Crippen molar-refractivity contribution in [3.63, 3.8) is 0 Å². The molecule has 0 aromatic rings. The third kappa shape index (κ3) is 4.79. The van der Waals surface area contributed by atoms with Crippen LogP contribution in [0.1, 0.15) is 0 Å². The molecule has 0 aliphatic heterocycles. The van der Waals surface area contributed by atoms with Crippen molar-refractivity contribution >= 4 is 0 Å². The maximum absolute atomic E-state index is 10.9. The Morgan fingerprint density at radius 2 is 2.14 bits per heavy atom. The van der Waals surface area contributed by atoms with Crippen LogP contribution < -0.4 is 0 Å². The molecule has 0 bridgehead atoms. The van der Waals surface area contributed by atoms with E-state index in [4.69, 9.17) is 0 Å². The summed E-state index contributed by atoms with van der Waals surface area (Å²) in [6, 6.07) is 0. The van der Waals surface area contributed by atoms with Crippen molar-refractivity contribution in [2.24, 2.45) is 0 Å². The summed E-state index contributed by atoms with van der Waals surface area (Å²) in [6.07, 6.45) is 0.240. The Morgan fingerprint density at radius 1 is 1.43 bits per heavy atom. The molecule has 0 amide bonds. The van der Waals surface area contributed by atoms with Crippen LogP contribution in [0.3, 0.4) is 0 Å². The van der Waals surface area contributed by atoms with E-state index in [2.05, 4.69) is 23.8 Å². The Labute approximate surface area is 41.3 Å². The highest BCUT2D eigenvalue weighted by atomic mass is 19.1. The second-order valence-electron chi connectivity index (χ2n) is 0.680. The van der Waals surface area contributed by atoms with E-state index >= 15 is 0 Å². The minimum atomic E-state index is 0.240. The highest BCUT2D eigenvalue weighted by Crippen LogP contribution is 1.59. The van der Waals surface area contributed by atoms with Gasteiger partial charge in [-0.1, -0.05) is 5.73 Å². The molecule has 0 saturated heterocycles. The van der Waals surface area contributed by atoms with Crippen molar-refractivity contribution in [1.82, 2.24) is 0 Å². The molecule has 0 aliphatic carbocycles. The largest absolute Gasteiger partial charge is 0.206 e. The van der Waals surface area contributed by atoms with E-state index < -0.39 is 0 Å². The third-order valence-electron chi connectivity index (χ3n) is 0.278. The Morgan fingerprint density at radius 3 is 2.57 bits per heavy atom. The fraction of sp³-hybridized carbons (Fsp3) is 0. The predicted octanol–water partition coefficient (Wildman–Crippen LogP) is 1.72. The van der Waals surface area contributed by atoms with Crippen LogP contribution in [-0.2, 0) is 0 Å². The molecule has 0 aliphatic rings. The van der Waals surface area contributed by atoms with Gasteiger partial charge in [0.25, 0.3) is 0 Å². The summed E-state index contributed by atoms with van der Waals surface area (Å²) in [5.74, 6) is 0. The minimum absolute atomic E-state index is 0.240. The molecule has 0 N–H and O–H groups in total. The normalized spacial score (nSPS) is 4.14. The molecule has 0 atom stereocenters. The topological polar surface area (TPSA) is 0 Å². The average Bonchev–Trinajstić information content (AvgIpc) is 1.69. The molecule has 0 aromatic heterocycles. The second kappa shape index (κ2) is 4.79. The van der Waals surface area contributed by atoms with Crippen LogP contribution in [0, 0.1) is 0 Å². The summed E-state index contributed by atoms with van der Waals surface area (Å²) >= 11 is 0. The fourth-order valence-corrected chi connectivity index (χ4v) is 0.108. The van der Waals surface area contributed by atoms with Gasteiger partial charge in [0.2, 0.25) is 0 Å². The zero-order valence-corrected chi connectivity index (χ0v) is 3.66. The summed E-state index contributed by atoms with van der Waals surface area (Å²) in [7, 11) is 0. The lowest BCUT2D eigenvalue weighted by molar-refractivity contribution is 0.723. The molecule has 0 fully saturated rings. The molecule has 0 nitrogen and oxygen atoms in total. The highest BCUT2D eigenvalue weighted by molar-refractivity contribution is 4.81. The van der Waals surface area contributed by atoms with Crippen LogP contribution in [0.4, 0.5) is 4.39 Å². The Bertz CT molecular complexity index is 178. The summed E-state index contributed by atoms with van der Waals surface area (Å²) in [4.78, 5) is 0. The van der Waals surface area contributed by atoms with Crippen molar-refractivity contribution < 1.29 is 4.39 Å². The molecule has 1 heteroatoms. The van der Waals surface area contributed by atoms with Gasteiger partial charge in [-0.2, -0.15) is 0 Å². The lowest BCUT2D eigenvalue weighted by Crippen LogP contribution is -1.19. The zero-order chi connectivity index (χ0) is 5.54. The first-order chi connectivity index (χ1) is 3.41. The summed E-state index contributed by atoms with van der Waals surface area (Å²) in [5.41, 5.74) is 8.67. The first-order valence-electron chi connectivity index (χ1n) is 1.61. The van der Waals surface area contributed by atoms with Gasteiger partial charge < -0.3 is 0 Å². The van der Waals surface area contributed by atoms with Gasteiger partial charge in [-0.05, 0) is 23.8 Å². The second-order valence-corrected chi connectivity index (χ2v) is 0.680. The SMILES string of the molecule is C=C=C=C=C=CF. The highest BCUT2D eigenvalue weighted by Gasteiger charge is 1.38. The molecule has 34 valence electrons. The Balaban J connectivity index is 4.52. The van der Waals surface area contributed by atoms with Crippen molar-refractivity contribution in [3.05, 3.63) is 35.8 Å². The van der Waals surface area contributed by atoms with Gasteiger partial charge in [0.1, 0.15) is 6.33 Å². The summed E-state index contributed by atoms with van der Waals surface area (Å²) in [5, 5.41) is 0. The Kier molecular flexibility index (Phi) is 3.96. The third-order valence-corrected chi connectivity index (χ3v) is 0.278. The molecule has 0 radical (unpaired) electrons. The van der Waals surface area contributed by atoms with Crippen LogP contribution >= 0.6 is 0 Å². The molecule has 0 unspecified atom stereocenters. The predicted molar refractivity (Wildman–Crippen MR) is 25.4 cm³/mol. The maximum Gasteiger partial charge on any atom is 0.137 e. The van der Waals surface area contributed by atoms with Crippen molar-refractivity contribution in [3.8, 4) is 0 Å². The van der Waals surface area contributed by atoms with E-state index in [1.165, 1.54) is 0 Å². The smallest absolute Gasteiger partial charge is 0.137 e. The first kappa shape index (κ1) is 5.79. The van der Waals surface area contributed by atoms with Crippen LogP contribution in [0.2, 0.25) is 0 Å². The number of rotatable bonds is 0. The standard InChI is InChI=1S/C6H3F/c1-2-3-4-5-6-7/h6H,1H2. The van der Waals surface area contributed by atoms with Gasteiger partial charge in [0.15, 0.2) is 0 Å². The minimum Gasteiger partial charge on any atom is -0.206 e. The van der Waals surface area contributed by atoms with Crippen LogP contribution in [0.25, 0.3) is 0 Å². The average molecular weight is 94.1 g/mol. The molecule has 7 heavy (non-hydrogen) atoms. The van der Waals surface area contributed by atoms with Crippen LogP contribution in [-0.4, -0.2) is 0 Å². The van der Waals surface area contributed by atoms with Gasteiger partial charge in [0.05, 0.1) is 0 Å². The van der Waals surface area contributed by atoms with Crippen LogP contribution in [0.5, 0.6) is 0 Å². The lowest BCUT2D eigenvalue weighted by Gasteiger charge is -1.39. The summed E-state index contributed by atoms with van der Waals surface area (Å²) in [6.45, 7) is 3.16. The van der Waals surface area contributed by atoms with E-state index in [1.54, 1.807) is 0 Å². The van der Waals surface area contributed by atoms with Crippen molar-refractivity contribution in [2.75, 3.05) is 0 Å². The van der Waals surface area contributed by atoms with Gasteiger partial charge in [-0.15, -0.1) is 0 Å². The van der Waals surface area contributed by atoms with Gasteiger partial charge >= 0.3 is 0 Å². The molecular formula is C6H3F. The van der Waals surface area contributed by atoms with E-state index in [9.17, 15) is 4.39 Å². The van der Waals surface area contributed by atoms with Gasteiger partial charge in [0, 0.05) is 0 Å². The molecule has 0 rings (SSSR count). The first-order valence-corrected chi connectivity index (χ1v) is 1.61. The van der Waals surface area contributed by atoms with E-state index in [-0.39, 0.29) is 6.33 Å². The number of halogens is 1. The van der Waals surface area contributed by atoms with Crippen LogP contribution in [0.15, 0.2) is 35.8 Å². The molecule has 0 heterocycles.